The van der Waals surface area contributed by atoms with Crippen molar-refractivity contribution in [1.82, 2.24) is 5.32 Å². The van der Waals surface area contributed by atoms with E-state index >= 15 is 0 Å². The Morgan fingerprint density at radius 3 is 2.45 bits per heavy atom. The summed E-state index contributed by atoms with van der Waals surface area (Å²) in [7, 11) is 1.44. The number of carbonyl (C=O) groups excluding carboxylic acids is 1. The molecule has 1 aliphatic rings. The van der Waals surface area contributed by atoms with Gasteiger partial charge in [-0.3, -0.25) is 4.79 Å². The summed E-state index contributed by atoms with van der Waals surface area (Å²) in [5.41, 5.74) is 1.26. The van der Waals surface area contributed by atoms with E-state index in [0.717, 1.165) is 11.1 Å². The van der Waals surface area contributed by atoms with Gasteiger partial charge in [0.2, 0.25) is 5.91 Å². The van der Waals surface area contributed by atoms with E-state index in [0.29, 0.717) is 17.9 Å². The van der Waals surface area contributed by atoms with Crippen LogP contribution in [0.15, 0.2) is 42.5 Å². The molecule has 0 spiro atoms. The molecule has 0 bridgehead atoms. The van der Waals surface area contributed by atoms with E-state index in [9.17, 15) is 9.18 Å². The fraction of sp³-hybridized carbons (Fsp3) is 0.435. The van der Waals surface area contributed by atoms with E-state index in [1.807, 2.05) is 45.0 Å². The molecule has 1 aliphatic heterocycles. The van der Waals surface area contributed by atoms with Gasteiger partial charge < -0.3 is 14.8 Å². The van der Waals surface area contributed by atoms with Crippen LogP contribution in [-0.2, 0) is 9.53 Å². The Kier molecular flexibility index (Phi) is 6.49. The van der Waals surface area contributed by atoms with Crippen molar-refractivity contribution in [3.8, 4) is 5.75 Å². The molecule has 1 N–H and O–H groups in total. The molecule has 6 heteroatoms. The van der Waals surface area contributed by atoms with Gasteiger partial charge in [-0.25, -0.2) is 4.39 Å². The fourth-order valence-electron chi connectivity index (χ4n) is 3.72. The number of nitrogens with one attached hydrogen (secondary N) is 1. The van der Waals surface area contributed by atoms with Crippen molar-refractivity contribution >= 4 is 17.5 Å². The summed E-state index contributed by atoms with van der Waals surface area (Å²) in [6.07, 6.45) is 0.582. The van der Waals surface area contributed by atoms with Crippen molar-refractivity contribution in [2.24, 2.45) is 5.92 Å². The maximum atomic E-state index is 13.9. The molecule has 156 valence electrons. The van der Waals surface area contributed by atoms with E-state index < -0.39 is 11.4 Å². The summed E-state index contributed by atoms with van der Waals surface area (Å²) in [5.74, 6) is -0.378. The van der Waals surface area contributed by atoms with Crippen LogP contribution in [0.3, 0.4) is 0 Å². The lowest BCUT2D eigenvalue weighted by atomic mass is 9.81. The van der Waals surface area contributed by atoms with Gasteiger partial charge in [0.1, 0.15) is 0 Å². The number of hydrogen-bond acceptors (Lipinski definition) is 3. The molecule has 0 saturated carbocycles. The Hall–Kier alpha value is -2.11. The van der Waals surface area contributed by atoms with Crippen LogP contribution in [0.1, 0.15) is 56.9 Å². The number of hydrogen-bond donors (Lipinski definition) is 1. The molecule has 1 heterocycles. The van der Waals surface area contributed by atoms with Gasteiger partial charge in [-0.05, 0) is 42.3 Å². The van der Waals surface area contributed by atoms with Crippen molar-refractivity contribution in [1.29, 1.82) is 0 Å². The van der Waals surface area contributed by atoms with Crippen LogP contribution in [0.2, 0.25) is 5.02 Å². The largest absolute Gasteiger partial charge is 0.494 e. The quantitative estimate of drug-likeness (QED) is 0.685. The van der Waals surface area contributed by atoms with Crippen LogP contribution in [0.4, 0.5) is 4.39 Å². The lowest BCUT2D eigenvalue weighted by Crippen LogP contribution is -2.52. The Morgan fingerprint density at radius 2 is 1.86 bits per heavy atom. The average Bonchev–Trinajstić information content (AvgIpc) is 2.67. The topological polar surface area (TPSA) is 47.6 Å². The monoisotopic (exact) mass is 419 g/mol. The first-order chi connectivity index (χ1) is 13.7. The van der Waals surface area contributed by atoms with Gasteiger partial charge in [-0.2, -0.15) is 0 Å². The molecule has 0 aromatic heterocycles. The first-order valence-electron chi connectivity index (χ1n) is 9.77. The molecule has 1 saturated heterocycles. The second-order valence-corrected chi connectivity index (χ2v) is 8.61. The zero-order valence-electron chi connectivity index (χ0n) is 17.2. The van der Waals surface area contributed by atoms with Crippen LogP contribution >= 0.6 is 11.6 Å². The summed E-state index contributed by atoms with van der Waals surface area (Å²) >= 11 is 6.19. The summed E-state index contributed by atoms with van der Waals surface area (Å²) in [5, 5.41) is 3.82. The highest BCUT2D eigenvalue weighted by atomic mass is 35.5. The lowest BCUT2D eigenvalue weighted by molar-refractivity contribution is -0.131. The molecule has 2 aromatic carbocycles. The smallest absolute Gasteiger partial charge is 0.222 e. The van der Waals surface area contributed by atoms with Gasteiger partial charge in [0.25, 0.3) is 0 Å². The van der Waals surface area contributed by atoms with E-state index in [-0.39, 0.29) is 29.8 Å². The summed E-state index contributed by atoms with van der Waals surface area (Å²) in [4.78, 5) is 12.5. The van der Waals surface area contributed by atoms with Crippen LogP contribution in [0.25, 0.3) is 0 Å². The SMILES string of the molecule is COc1cc([C@H]2C[C@](C)(NC(=O)C(C)C)C[C@@H](c3cccc(Cl)c3)O2)ccc1F. The Balaban J connectivity index is 1.96. The fourth-order valence-corrected chi connectivity index (χ4v) is 3.92. The highest BCUT2D eigenvalue weighted by Crippen LogP contribution is 2.44. The van der Waals surface area contributed by atoms with Crippen molar-refractivity contribution in [2.75, 3.05) is 7.11 Å². The molecule has 1 fully saturated rings. The number of methoxy groups -OCH3 is 1. The molecule has 0 aliphatic carbocycles. The Morgan fingerprint density at radius 1 is 1.21 bits per heavy atom. The van der Waals surface area contributed by atoms with E-state index in [1.54, 1.807) is 12.1 Å². The highest BCUT2D eigenvalue weighted by molar-refractivity contribution is 6.30. The maximum absolute atomic E-state index is 13.9. The molecule has 3 atom stereocenters. The Labute approximate surface area is 176 Å². The van der Waals surface area contributed by atoms with Gasteiger partial charge in [-0.15, -0.1) is 0 Å². The first kappa shape index (κ1) is 21.6. The molecular weight excluding hydrogens is 393 g/mol. The molecule has 0 radical (unpaired) electrons. The van der Waals surface area contributed by atoms with Crippen LogP contribution in [-0.4, -0.2) is 18.6 Å². The van der Waals surface area contributed by atoms with Crippen LogP contribution < -0.4 is 10.1 Å². The number of ether oxygens (including phenoxy) is 2. The second kappa shape index (κ2) is 8.72. The predicted octanol–water partition coefficient (Wildman–Crippen LogP) is 5.61. The Bertz CT molecular complexity index is 888. The van der Waals surface area contributed by atoms with Crippen molar-refractivity contribution in [2.45, 2.75) is 51.4 Å². The zero-order valence-corrected chi connectivity index (χ0v) is 17.9. The third kappa shape index (κ3) is 5.09. The van der Waals surface area contributed by atoms with E-state index in [1.165, 1.54) is 13.2 Å². The number of halogens is 2. The van der Waals surface area contributed by atoms with Gasteiger partial charge in [0.15, 0.2) is 11.6 Å². The van der Waals surface area contributed by atoms with Crippen molar-refractivity contribution < 1.29 is 18.7 Å². The highest BCUT2D eigenvalue weighted by Gasteiger charge is 2.40. The summed E-state index contributed by atoms with van der Waals surface area (Å²) < 4.78 is 25.4. The average molecular weight is 420 g/mol. The number of amides is 1. The van der Waals surface area contributed by atoms with Crippen molar-refractivity contribution in [3.63, 3.8) is 0 Å². The molecule has 3 rings (SSSR count). The number of carbonyl (C=O) groups is 1. The second-order valence-electron chi connectivity index (χ2n) is 8.18. The summed E-state index contributed by atoms with van der Waals surface area (Å²) in [6.45, 7) is 5.77. The van der Waals surface area contributed by atoms with E-state index in [4.69, 9.17) is 21.1 Å². The molecule has 1 amide bonds. The van der Waals surface area contributed by atoms with Gasteiger partial charge in [-0.1, -0.05) is 43.6 Å². The molecule has 0 unspecified atom stereocenters. The van der Waals surface area contributed by atoms with Crippen molar-refractivity contribution in [3.05, 3.63) is 64.4 Å². The van der Waals surface area contributed by atoms with Crippen LogP contribution in [0, 0.1) is 11.7 Å². The third-order valence-electron chi connectivity index (χ3n) is 5.32. The molecule has 4 nitrogen and oxygen atoms in total. The predicted molar refractivity (Wildman–Crippen MR) is 112 cm³/mol. The van der Waals surface area contributed by atoms with Crippen LogP contribution in [0.5, 0.6) is 5.75 Å². The summed E-state index contributed by atoms with van der Waals surface area (Å²) in [6, 6.07) is 12.3. The first-order valence-corrected chi connectivity index (χ1v) is 10.1. The minimum Gasteiger partial charge on any atom is -0.494 e. The minimum absolute atomic E-state index is 0.00493. The van der Waals surface area contributed by atoms with Gasteiger partial charge in [0, 0.05) is 29.3 Å². The number of benzene rings is 2. The number of rotatable bonds is 5. The van der Waals surface area contributed by atoms with Gasteiger partial charge in [0.05, 0.1) is 19.3 Å². The van der Waals surface area contributed by atoms with E-state index in [2.05, 4.69) is 5.32 Å². The standard InChI is InChI=1S/C23H27ClFNO3/c1-14(2)22(27)26-23(3)12-20(15-6-5-7-17(24)10-15)29-21(13-23)16-8-9-18(25)19(11-16)28-4/h5-11,14,20-21H,12-13H2,1-4H3,(H,26,27)/t20-,21+,23+/m0/s1. The van der Waals surface area contributed by atoms with Gasteiger partial charge >= 0.3 is 0 Å². The minimum atomic E-state index is -0.487. The molecular formula is C23H27ClFNO3. The maximum Gasteiger partial charge on any atom is 0.222 e. The third-order valence-corrected chi connectivity index (χ3v) is 5.55. The molecule has 29 heavy (non-hydrogen) atoms. The zero-order chi connectivity index (χ0) is 21.2. The molecule has 2 aromatic rings. The normalized spacial score (nSPS) is 24.4. The lowest BCUT2D eigenvalue weighted by Gasteiger charge is -2.43.